The van der Waals surface area contributed by atoms with Crippen molar-refractivity contribution in [1.29, 1.82) is 0 Å². The van der Waals surface area contributed by atoms with E-state index in [1.165, 1.54) is 6.07 Å². The van der Waals surface area contributed by atoms with Crippen LogP contribution in [0.5, 0.6) is 0 Å². The van der Waals surface area contributed by atoms with Gasteiger partial charge in [-0.05, 0) is 54.0 Å². The summed E-state index contributed by atoms with van der Waals surface area (Å²) >= 11 is 6.16. The highest BCUT2D eigenvalue weighted by Crippen LogP contribution is 2.53. The third kappa shape index (κ3) is 8.11. The Morgan fingerprint density at radius 3 is 2.12 bits per heavy atom. The van der Waals surface area contributed by atoms with Crippen molar-refractivity contribution in [3.05, 3.63) is 34.4 Å². The van der Waals surface area contributed by atoms with Crippen molar-refractivity contribution in [2.75, 3.05) is 25.5 Å². The van der Waals surface area contributed by atoms with Gasteiger partial charge in [0, 0.05) is 11.2 Å². The summed E-state index contributed by atoms with van der Waals surface area (Å²) < 4.78 is 56.0. The van der Waals surface area contributed by atoms with Gasteiger partial charge in [0.1, 0.15) is 17.5 Å². The van der Waals surface area contributed by atoms with Crippen molar-refractivity contribution in [3.63, 3.8) is 0 Å². The fraction of sp³-hybridized carbons (Fsp3) is 0.667. The minimum Gasteiger partial charge on any atom is -0.438 e. The molecule has 0 aliphatic carbocycles. The summed E-state index contributed by atoms with van der Waals surface area (Å²) in [4.78, 5) is 40.0. The van der Waals surface area contributed by atoms with Crippen LogP contribution in [0.15, 0.2) is 28.7 Å². The number of esters is 2. The van der Waals surface area contributed by atoms with Gasteiger partial charge >= 0.3 is 25.2 Å². The topological polar surface area (TPSA) is 178 Å². The fourth-order valence-corrected chi connectivity index (χ4v) is 5.00. The summed E-state index contributed by atoms with van der Waals surface area (Å²) in [6, 6.07) is 1.23. The molecule has 1 aliphatic rings. The van der Waals surface area contributed by atoms with Gasteiger partial charge in [-0.25, -0.2) is 9.18 Å². The van der Waals surface area contributed by atoms with Crippen LogP contribution in [0.1, 0.15) is 54.2 Å². The first-order valence-electron chi connectivity index (χ1n) is 12.2. The minimum atomic E-state index is -4.29. The maximum Gasteiger partial charge on any atom is 0.351 e. The number of hydrogen-bond acceptors (Lipinski definition) is 12. The largest absolute Gasteiger partial charge is 0.438 e. The first-order chi connectivity index (χ1) is 18.2. The Hall–Kier alpha value is -2.35. The van der Waals surface area contributed by atoms with Crippen LogP contribution < -0.4 is 11.4 Å². The van der Waals surface area contributed by atoms with Crippen LogP contribution in [-0.4, -0.2) is 64.2 Å². The Bertz CT molecular complexity index is 1180. The highest BCUT2D eigenvalue weighted by molar-refractivity contribution is 7.53. The van der Waals surface area contributed by atoms with Gasteiger partial charge in [0.25, 0.3) is 0 Å². The zero-order valence-electron chi connectivity index (χ0n) is 23.2. The molecule has 2 heterocycles. The molecule has 13 nitrogen and oxygen atoms in total. The van der Waals surface area contributed by atoms with Gasteiger partial charge in [0.15, 0.2) is 12.4 Å². The summed E-state index contributed by atoms with van der Waals surface area (Å²) in [6.07, 6.45) is -5.82. The van der Waals surface area contributed by atoms with E-state index in [0.29, 0.717) is 0 Å². The number of nitrogen functional groups attached to an aromatic ring is 1. The van der Waals surface area contributed by atoms with E-state index >= 15 is 4.39 Å². The third-order valence-corrected chi connectivity index (χ3v) is 7.92. The molecular weight excluding hydrogens is 576 g/mol. The molecule has 16 heteroatoms. The number of nitrogens with zero attached hydrogens (tertiary/aromatic N) is 2. The second-order valence-electron chi connectivity index (χ2n) is 11.2. The Morgan fingerprint density at radius 2 is 1.70 bits per heavy atom. The highest BCUT2D eigenvalue weighted by Gasteiger charge is 2.58. The number of aliphatic hydroxyl groups excluding tert-OH is 1. The zero-order chi connectivity index (χ0) is 30.7. The third-order valence-electron chi connectivity index (χ3n) is 5.83. The summed E-state index contributed by atoms with van der Waals surface area (Å²) in [6.45, 7) is 11.6. The van der Waals surface area contributed by atoms with Gasteiger partial charge < -0.3 is 25.1 Å². The van der Waals surface area contributed by atoms with Crippen molar-refractivity contribution in [2.24, 2.45) is 10.8 Å². The second kappa shape index (κ2) is 12.7. The highest BCUT2D eigenvalue weighted by atomic mass is 35.5. The number of hydrogen-bond donors (Lipinski definition) is 2. The molecule has 1 saturated heterocycles. The zero-order valence-corrected chi connectivity index (χ0v) is 24.9. The first-order valence-corrected chi connectivity index (χ1v) is 14.3. The molecule has 0 unspecified atom stereocenters. The van der Waals surface area contributed by atoms with E-state index in [1.54, 1.807) is 41.5 Å². The van der Waals surface area contributed by atoms with Gasteiger partial charge in [0.05, 0.1) is 17.0 Å². The average molecular weight is 612 g/mol. The minimum absolute atomic E-state index is 0.113. The van der Waals surface area contributed by atoms with Crippen LogP contribution in [0.25, 0.3) is 0 Å². The molecule has 0 amide bonds. The SMILES string of the molecule is C=C(Cl)[C@]1(CCP(=O)(OCOC(=O)C(C)(C)C)OCOC(=O)C(C)(C)C)O[C@@H](n2ccc(N)nc2=O)[C@H](F)[C@@H]1O. The number of rotatable bonds is 11. The van der Waals surface area contributed by atoms with Crippen LogP contribution in [-0.2, 0) is 37.4 Å². The monoisotopic (exact) mass is 611 g/mol. The molecule has 1 fully saturated rings. The number of halogens is 2. The molecule has 40 heavy (non-hydrogen) atoms. The number of anilines is 1. The van der Waals surface area contributed by atoms with E-state index in [0.717, 1.165) is 10.8 Å². The molecular formula is C24H36ClFN3O10P. The maximum atomic E-state index is 15.3. The summed E-state index contributed by atoms with van der Waals surface area (Å²) in [5, 5.41) is 10.4. The molecule has 4 atom stereocenters. The number of aromatic nitrogens is 2. The molecule has 3 N–H and O–H groups in total. The smallest absolute Gasteiger partial charge is 0.351 e. The van der Waals surface area contributed by atoms with Gasteiger partial charge in [-0.2, -0.15) is 4.98 Å². The molecule has 1 aromatic rings. The van der Waals surface area contributed by atoms with Gasteiger partial charge in [-0.1, -0.05) is 18.2 Å². The maximum absolute atomic E-state index is 15.3. The number of nitrogens with two attached hydrogens (primary N) is 1. The van der Waals surface area contributed by atoms with E-state index in [9.17, 15) is 24.1 Å². The molecule has 0 saturated carbocycles. The van der Waals surface area contributed by atoms with Crippen molar-refractivity contribution in [2.45, 2.75) is 72.1 Å². The van der Waals surface area contributed by atoms with Crippen LogP contribution >= 0.6 is 19.2 Å². The normalized spacial score (nSPS) is 23.6. The number of carbonyl (C=O) groups is 2. The lowest BCUT2D eigenvalue weighted by atomic mass is 9.92. The number of ether oxygens (including phenoxy) is 3. The van der Waals surface area contributed by atoms with Crippen LogP contribution in [0.4, 0.5) is 10.2 Å². The molecule has 0 aromatic carbocycles. The lowest BCUT2D eigenvalue weighted by molar-refractivity contribution is -0.162. The van der Waals surface area contributed by atoms with E-state index in [4.69, 9.17) is 40.6 Å². The lowest BCUT2D eigenvalue weighted by Crippen LogP contribution is -2.43. The number of alkyl halides is 1. The molecule has 0 radical (unpaired) electrons. The quantitative estimate of drug-likeness (QED) is 0.212. The van der Waals surface area contributed by atoms with Crippen LogP contribution in [0, 0.1) is 10.8 Å². The molecule has 0 spiro atoms. The van der Waals surface area contributed by atoms with Crippen molar-refractivity contribution in [3.8, 4) is 0 Å². The molecule has 0 bridgehead atoms. The lowest BCUT2D eigenvalue weighted by Gasteiger charge is -2.32. The number of aliphatic hydroxyl groups is 1. The second-order valence-corrected chi connectivity index (χ2v) is 13.8. The van der Waals surface area contributed by atoms with Crippen molar-refractivity contribution < 1.29 is 46.9 Å². The predicted octanol–water partition coefficient (Wildman–Crippen LogP) is 3.25. The molecule has 226 valence electrons. The van der Waals surface area contributed by atoms with Gasteiger partial charge in [-0.3, -0.25) is 27.8 Å². The van der Waals surface area contributed by atoms with E-state index in [1.807, 2.05) is 0 Å². The Kier molecular flexibility index (Phi) is 10.7. The Morgan fingerprint density at radius 1 is 1.20 bits per heavy atom. The van der Waals surface area contributed by atoms with Crippen LogP contribution in [0.3, 0.4) is 0 Å². The first kappa shape index (κ1) is 33.9. The summed E-state index contributed by atoms with van der Waals surface area (Å²) in [5.41, 5.74) is 0.685. The average Bonchev–Trinajstić information content (AvgIpc) is 3.08. The van der Waals surface area contributed by atoms with E-state index < -0.39 is 86.3 Å². The molecule has 1 aromatic heterocycles. The Labute approximate surface area is 236 Å². The van der Waals surface area contributed by atoms with Gasteiger partial charge in [0.2, 0.25) is 13.6 Å². The van der Waals surface area contributed by atoms with E-state index in [-0.39, 0.29) is 10.9 Å². The van der Waals surface area contributed by atoms with Crippen molar-refractivity contribution in [1.82, 2.24) is 9.55 Å². The summed E-state index contributed by atoms with van der Waals surface area (Å²) in [5.74, 6) is -1.44. The molecule has 1 aliphatic heterocycles. The Balaban J connectivity index is 2.28. The molecule has 2 rings (SSSR count). The van der Waals surface area contributed by atoms with Crippen molar-refractivity contribution >= 4 is 37.0 Å². The standard InChI is InChI=1S/C24H36ClFN3O10P/c1-14(25)24(17(30)16(26)18(39-24)29-10-8-15(27)28-21(29)33)9-11-40(34,37-12-35-19(31)22(2,3)4)38-13-36-20(32)23(5,6)7/h8,10,16-18,30H,1,9,11-13H2,2-7H3,(H2,27,28,33)/t16-,17+,18-,24+/m1/s1. The predicted molar refractivity (Wildman–Crippen MR) is 142 cm³/mol. The van der Waals surface area contributed by atoms with E-state index in [2.05, 4.69) is 11.6 Å². The van der Waals surface area contributed by atoms with Crippen LogP contribution in [0.2, 0.25) is 0 Å². The summed E-state index contributed by atoms with van der Waals surface area (Å²) in [7, 11) is -4.29. The number of carbonyl (C=O) groups excluding carboxylic acids is 2. The fourth-order valence-electron chi connectivity index (χ4n) is 3.38. The van der Waals surface area contributed by atoms with Gasteiger partial charge in [-0.15, -0.1) is 0 Å².